The Morgan fingerprint density at radius 1 is 1.04 bits per heavy atom. The minimum Gasteiger partial charge on any atom is -0.268 e. The molecule has 0 saturated carbocycles. The van der Waals surface area contributed by atoms with Gasteiger partial charge in [0.1, 0.15) is 0 Å². The summed E-state index contributed by atoms with van der Waals surface area (Å²) in [5.74, 6) is 0. The lowest BCUT2D eigenvalue weighted by atomic mass is 9.92. The van der Waals surface area contributed by atoms with Crippen LogP contribution >= 0.6 is 0 Å². The highest BCUT2D eigenvalue weighted by Crippen LogP contribution is 2.18. The number of aromatic nitrogens is 4. The molecule has 0 atom stereocenters. The van der Waals surface area contributed by atoms with Crippen molar-refractivity contribution in [3.63, 3.8) is 0 Å². The van der Waals surface area contributed by atoms with Gasteiger partial charge >= 0.3 is 0 Å². The standard InChI is InChI=1S/C18H20N4O/c1-18(2,3)16-9-10-17(23)22(20-16)13-14-11-19-21(12-14)15-7-5-4-6-8-15/h4-12H,13H2,1-3H3. The van der Waals surface area contributed by atoms with Gasteiger partial charge in [-0.3, -0.25) is 4.79 Å². The van der Waals surface area contributed by atoms with Gasteiger partial charge < -0.3 is 0 Å². The first-order chi connectivity index (χ1) is 10.9. The highest BCUT2D eigenvalue weighted by Gasteiger charge is 2.16. The number of rotatable bonds is 3. The van der Waals surface area contributed by atoms with Crippen LogP contribution in [-0.2, 0) is 12.0 Å². The molecule has 0 aliphatic carbocycles. The minimum atomic E-state index is -0.106. The van der Waals surface area contributed by atoms with E-state index in [0.29, 0.717) is 6.54 Å². The predicted octanol–water partition coefficient (Wildman–Crippen LogP) is 2.77. The van der Waals surface area contributed by atoms with Gasteiger partial charge in [0.25, 0.3) is 5.56 Å². The number of nitrogens with zero attached hydrogens (tertiary/aromatic N) is 4. The second-order valence-corrected chi connectivity index (χ2v) is 6.59. The fourth-order valence-corrected chi connectivity index (χ4v) is 2.30. The molecule has 0 aliphatic rings. The summed E-state index contributed by atoms with van der Waals surface area (Å²) < 4.78 is 3.29. The van der Waals surface area contributed by atoms with E-state index in [-0.39, 0.29) is 11.0 Å². The fourth-order valence-electron chi connectivity index (χ4n) is 2.30. The van der Waals surface area contributed by atoms with Crippen LogP contribution in [0.4, 0.5) is 0 Å². The van der Waals surface area contributed by atoms with Crippen molar-refractivity contribution in [2.75, 3.05) is 0 Å². The molecule has 0 aliphatic heterocycles. The molecule has 0 amide bonds. The Bertz CT molecular complexity index is 856. The maximum absolute atomic E-state index is 12.1. The van der Waals surface area contributed by atoms with Crippen molar-refractivity contribution in [1.82, 2.24) is 19.6 Å². The minimum absolute atomic E-state index is 0.0936. The summed E-state index contributed by atoms with van der Waals surface area (Å²) in [6, 6.07) is 13.3. The number of hydrogen-bond donors (Lipinski definition) is 0. The van der Waals surface area contributed by atoms with Crippen molar-refractivity contribution in [2.45, 2.75) is 32.7 Å². The van der Waals surface area contributed by atoms with Crippen molar-refractivity contribution in [1.29, 1.82) is 0 Å². The molecule has 0 unspecified atom stereocenters. The molecular weight excluding hydrogens is 288 g/mol. The van der Waals surface area contributed by atoms with Gasteiger partial charge in [0.05, 0.1) is 24.1 Å². The summed E-state index contributed by atoms with van der Waals surface area (Å²) in [5.41, 5.74) is 2.62. The maximum atomic E-state index is 12.1. The van der Waals surface area contributed by atoms with Crippen molar-refractivity contribution in [3.8, 4) is 5.69 Å². The van der Waals surface area contributed by atoms with E-state index in [1.54, 1.807) is 23.0 Å². The second kappa shape index (κ2) is 5.83. The first-order valence-corrected chi connectivity index (χ1v) is 7.61. The van der Waals surface area contributed by atoms with Gasteiger partial charge in [-0.2, -0.15) is 10.2 Å². The molecule has 3 rings (SSSR count). The van der Waals surface area contributed by atoms with E-state index in [0.717, 1.165) is 16.9 Å². The highest BCUT2D eigenvalue weighted by molar-refractivity contribution is 5.30. The normalized spacial score (nSPS) is 11.6. The molecule has 23 heavy (non-hydrogen) atoms. The third-order valence-corrected chi connectivity index (χ3v) is 3.62. The summed E-state index contributed by atoms with van der Waals surface area (Å²) in [6.07, 6.45) is 3.69. The topological polar surface area (TPSA) is 52.7 Å². The molecule has 118 valence electrons. The molecule has 5 nitrogen and oxygen atoms in total. The summed E-state index contributed by atoms with van der Waals surface area (Å²) in [4.78, 5) is 12.1. The van der Waals surface area contributed by atoms with E-state index >= 15 is 0 Å². The predicted molar refractivity (Wildman–Crippen MR) is 89.9 cm³/mol. The molecule has 2 aromatic heterocycles. The van der Waals surface area contributed by atoms with E-state index in [1.165, 1.54) is 4.68 Å². The van der Waals surface area contributed by atoms with E-state index in [4.69, 9.17) is 0 Å². The number of para-hydroxylation sites is 1. The van der Waals surface area contributed by atoms with E-state index < -0.39 is 0 Å². The number of hydrogen-bond acceptors (Lipinski definition) is 3. The van der Waals surface area contributed by atoms with Gasteiger partial charge in [-0.15, -0.1) is 0 Å². The molecule has 2 heterocycles. The van der Waals surface area contributed by atoms with Gasteiger partial charge in [-0.25, -0.2) is 9.36 Å². The Kier molecular flexibility index (Phi) is 3.86. The first-order valence-electron chi connectivity index (χ1n) is 7.61. The zero-order chi connectivity index (χ0) is 16.4. The Morgan fingerprint density at radius 2 is 1.78 bits per heavy atom. The SMILES string of the molecule is CC(C)(C)c1ccc(=O)n(Cc2cnn(-c3ccccc3)c2)n1. The summed E-state index contributed by atoms with van der Waals surface area (Å²) in [7, 11) is 0. The molecule has 0 bridgehead atoms. The molecule has 0 spiro atoms. The van der Waals surface area contributed by atoms with Gasteiger partial charge in [-0.05, 0) is 18.2 Å². The lowest BCUT2D eigenvalue weighted by Gasteiger charge is -2.18. The Balaban J connectivity index is 1.89. The summed E-state index contributed by atoms with van der Waals surface area (Å²) in [5, 5.41) is 8.84. The smallest absolute Gasteiger partial charge is 0.267 e. The third-order valence-electron chi connectivity index (χ3n) is 3.62. The van der Waals surface area contributed by atoms with Crippen molar-refractivity contribution < 1.29 is 0 Å². The maximum Gasteiger partial charge on any atom is 0.267 e. The summed E-state index contributed by atoms with van der Waals surface area (Å²) >= 11 is 0. The second-order valence-electron chi connectivity index (χ2n) is 6.59. The average Bonchev–Trinajstić information content (AvgIpc) is 2.98. The van der Waals surface area contributed by atoms with Crippen LogP contribution in [0.5, 0.6) is 0 Å². The van der Waals surface area contributed by atoms with Crippen molar-refractivity contribution >= 4 is 0 Å². The molecule has 3 aromatic rings. The van der Waals surface area contributed by atoms with Gasteiger partial charge in [0.2, 0.25) is 0 Å². The molecular formula is C18H20N4O. The monoisotopic (exact) mass is 308 g/mol. The van der Waals surface area contributed by atoms with E-state index in [9.17, 15) is 4.79 Å². The Hall–Kier alpha value is -2.69. The average molecular weight is 308 g/mol. The van der Waals surface area contributed by atoms with Gasteiger partial charge in [0.15, 0.2) is 0 Å². The van der Waals surface area contributed by atoms with Crippen LogP contribution in [0.1, 0.15) is 32.0 Å². The molecule has 0 N–H and O–H groups in total. The van der Waals surface area contributed by atoms with Crippen LogP contribution in [0.2, 0.25) is 0 Å². The van der Waals surface area contributed by atoms with E-state index in [2.05, 4.69) is 31.0 Å². The fraction of sp³-hybridized carbons (Fsp3) is 0.278. The van der Waals surface area contributed by atoms with Crippen LogP contribution in [-0.4, -0.2) is 19.6 Å². The van der Waals surface area contributed by atoms with E-state index in [1.807, 2.05) is 36.5 Å². The highest BCUT2D eigenvalue weighted by atomic mass is 16.1. The van der Waals surface area contributed by atoms with Crippen molar-refractivity contribution in [3.05, 3.63) is 76.5 Å². The molecule has 0 radical (unpaired) electrons. The Labute approximate surface area is 135 Å². The van der Waals surface area contributed by atoms with Gasteiger partial charge in [-0.1, -0.05) is 39.0 Å². The Morgan fingerprint density at radius 3 is 2.48 bits per heavy atom. The van der Waals surface area contributed by atoms with Crippen LogP contribution in [0.3, 0.4) is 0 Å². The lowest BCUT2D eigenvalue weighted by Crippen LogP contribution is -2.27. The lowest BCUT2D eigenvalue weighted by molar-refractivity contribution is 0.518. The zero-order valence-electron chi connectivity index (χ0n) is 13.6. The largest absolute Gasteiger partial charge is 0.268 e. The molecule has 1 aromatic carbocycles. The molecule has 0 saturated heterocycles. The number of benzene rings is 1. The van der Waals surface area contributed by atoms with Crippen LogP contribution < -0.4 is 5.56 Å². The van der Waals surface area contributed by atoms with Crippen LogP contribution in [0, 0.1) is 0 Å². The zero-order valence-corrected chi connectivity index (χ0v) is 13.6. The summed E-state index contributed by atoms with van der Waals surface area (Å²) in [6.45, 7) is 6.66. The first kappa shape index (κ1) is 15.2. The molecule has 0 fully saturated rings. The van der Waals surface area contributed by atoms with Crippen LogP contribution in [0.15, 0.2) is 59.7 Å². The quantitative estimate of drug-likeness (QED) is 0.747. The van der Waals surface area contributed by atoms with Crippen LogP contribution in [0.25, 0.3) is 5.69 Å². The van der Waals surface area contributed by atoms with Crippen molar-refractivity contribution in [2.24, 2.45) is 0 Å². The molecule has 5 heteroatoms. The van der Waals surface area contributed by atoms with Gasteiger partial charge in [0, 0.05) is 23.2 Å². The third kappa shape index (κ3) is 3.39.